The summed E-state index contributed by atoms with van der Waals surface area (Å²) in [6, 6.07) is 16.7. The molecule has 0 bridgehead atoms. The van der Waals surface area contributed by atoms with Crippen LogP contribution in [0.4, 0.5) is 0 Å². The van der Waals surface area contributed by atoms with Gasteiger partial charge in [0, 0.05) is 17.0 Å². The van der Waals surface area contributed by atoms with Crippen LogP contribution in [-0.4, -0.2) is 32.0 Å². The number of rotatable bonds is 5. The molecule has 152 valence electrons. The van der Waals surface area contributed by atoms with Gasteiger partial charge in [-0.1, -0.05) is 54.6 Å². The molecule has 0 saturated heterocycles. The molecule has 2 aromatic carbocycles. The van der Waals surface area contributed by atoms with Crippen molar-refractivity contribution in [3.63, 3.8) is 0 Å². The van der Waals surface area contributed by atoms with E-state index >= 15 is 0 Å². The third-order valence-electron chi connectivity index (χ3n) is 4.96. The molecule has 1 heterocycles. The topological polar surface area (TPSA) is 102 Å². The fourth-order valence-corrected chi connectivity index (χ4v) is 3.26. The summed E-state index contributed by atoms with van der Waals surface area (Å²) in [5, 5.41) is 12.6. The van der Waals surface area contributed by atoms with Gasteiger partial charge in [-0.3, -0.25) is 20.4 Å². The average molecular weight is 402 g/mol. The van der Waals surface area contributed by atoms with Crippen LogP contribution >= 0.6 is 0 Å². The fourth-order valence-electron chi connectivity index (χ4n) is 3.26. The third-order valence-corrected chi connectivity index (χ3v) is 4.96. The van der Waals surface area contributed by atoms with Crippen molar-refractivity contribution in [1.82, 2.24) is 31.1 Å². The van der Waals surface area contributed by atoms with Crippen molar-refractivity contribution >= 4 is 11.8 Å². The predicted octanol–water partition coefficient (Wildman–Crippen LogP) is 2.51. The fraction of sp³-hybridized carbons (Fsp3) is 0.227. The second-order valence-corrected chi connectivity index (χ2v) is 7.13. The van der Waals surface area contributed by atoms with Gasteiger partial charge in [-0.2, -0.15) is 4.80 Å². The highest BCUT2D eigenvalue weighted by Crippen LogP contribution is 2.17. The highest BCUT2D eigenvalue weighted by molar-refractivity contribution is 5.95. The lowest BCUT2D eigenvalue weighted by Crippen LogP contribution is -2.44. The molecule has 0 aliphatic heterocycles. The molecule has 1 aliphatic rings. The summed E-state index contributed by atoms with van der Waals surface area (Å²) in [4.78, 5) is 25.9. The van der Waals surface area contributed by atoms with Gasteiger partial charge in [0.25, 0.3) is 5.91 Å². The molecule has 2 N–H and O–H groups in total. The summed E-state index contributed by atoms with van der Waals surface area (Å²) in [5.41, 5.74) is 7.30. The maximum Gasteiger partial charge on any atom is 0.269 e. The van der Waals surface area contributed by atoms with Crippen molar-refractivity contribution in [3.8, 4) is 11.4 Å². The highest BCUT2D eigenvalue weighted by Gasteiger charge is 2.19. The van der Waals surface area contributed by atoms with Crippen molar-refractivity contribution in [1.29, 1.82) is 0 Å². The number of hydrazine groups is 1. The Morgan fingerprint density at radius 3 is 2.53 bits per heavy atom. The van der Waals surface area contributed by atoms with Gasteiger partial charge >= 0.3 is 0 Å². The van der Waals surface area contributed by atoms with Crippen LogP contribution in [0.25, 0.3) is 11.4 Å². The smallest absolute Gasteiger partial charge is 0.269 e. The van der Waals surface area contributed by atoms with E-state index < -0.39 is 0 Å². The molecule has 0 spiro atoms. The van der Waals surface area contributed by atoms with E-state index in [1.165, 1.54) is 4.80 Å². The SMILES string of the molecule is O=C(NNC(=O)C1CC=CCC1)c1ccc(Cn2nnc(-c3ccccc3)n2)cc1. The van der Waals surface area contributed by atoms with Gasteiger partial charge in [-0.25, -0.2) is 0 Å². The summed E-state index contributed by atoms with van der Waals surface area (Å²) in [7, 11) is 0. The van der Waals surface area contributed by atoms with Crippen molar-refractivity contribution < 1.29 is 9.59 Å². The van der Waals surface area contributed by atoms with Crippen LogP contribution in [0.2, 0.25) is 0 Å². The first-order chi connectivity index (χ1) is 14.7. The van der Waals surface area contributed by atoms with Gasteiger partial charge in [0.05, 0.1) is 6.54 Å². The molecule has 1 aromatic heterocycles. The Morgan fingerprint density at radius 1 is 1.00 bits per heavy atom. The number of amides is 2. The Morgan fingerprint density at radius 2 is 1.80 bits per heavy atom. The average Bonchev–Trinajstić information content (AvgIpc) is 3.27. The molecule has 1 aliphatic carbocycles. The molecule has 1 atom stereocenters. The van der Waals surface area contributed by atoms with E-state index in [0.29, 0.717) is 24.4 Å². The van der Waals surface area contributed by atoms with E-state index in [-0.39, 0.29) is 17.7 Å². The Hall–Kier alpha value is -3.81. The number of hydrogen-bond donors (Lipinski definition) is 2. The van der Waals surface area contributed by atoms with Crippen LogP contribution in [0.5, 0.6) is 0 Å². The molecule has 0 fully saturated rings. The maximum atomic E-state index is 12.3. The lowest BCUT2D eigenvalue weighted by molar-refractivity contribution is -0.126. The normalized spacial score (nSPS) is 15.5. The lowest BCUT2D eigenvalue weighted by Gasteiger charge is -2.17. The minimum absolute atomic E-state index is 0.0892. The summed E-state index contributed by atoms with van der Waals surface area (Å²) >= 11 is 0. The highest BCUT2D eigenvalue weighted by atomic mass is 16.2. The molecule has 8 nitrogen and oxygen atoms in total. The van der Waals surface area contributed by atoms with E-state index in [1.54, 1.807) is 12.1 Å². The van der Waals surface area contributed by atoms with Crippen LogP contribution in [0.3, 0.4) is 0 Å². The van der Waals surface area contributed by atoms with Crippen molar-refractivity contribution in [3.05, 3.63) is 77.9 Å². The van der Waals surface area contributed by atoms with Crippen molar-refractivity contribution in [2.24, 2.45) is 5.92 Å². The standard InChI is InChI=1S/C22H22N6O2/c29-21(18-9-5-2-6-10-18)24-25-22(30)19-13-11-16(12-14-19)15-28-26-20(23-27-28)17-7-3-1-4-8-17/h1-5,7-8,11-14,18H,6,9-10,15H2,(H,24,29)(H,25,30). The lowest BCUT2D eigenvalue weighted by atomic mass is 9.94. The molecule has 3 aromatic rings. The Bertz CT molecular complexity index is 1040. The van der Waals surface area contributed by atoms with E-state index in [4.69, 9.17) is 0 Å². The molecule has 8 heteroatoms. The van der Waals surface area contributed by atoms with Gasteiger partial charge in [0.15, 0.2) is 0 Å². The van der Waals surface area contributed by atoms with Crippen molar-refractivity contribution in [2.45, 2.75) is 25.8 Å². The molecule has 0 saturated carbocycles. The number of benzene rings is 2. The molecular formula is C22H22N6O2. The maximum absolute atomic E-state index is 12.3. The largest absolute Gasteiger partial charge is 0.273 e. The van der Waals surface area contributed by atoms with E-state index in [9.17, 15) is 9.59 Å². The number of allylic oxidation sites excluding steroid dienone is 2. The monoisotopic (exact) mass is 402 g/mol. The zero-order valence-corrected chi connectivity index (χ0v) is 16.4. The number of carbonyl (C=O) groups excluding carboxylic acids is 2. The van der Waals surface area contributed by atoms with Crippen LogP contribution in [0.15, 0.2) is 66.7 Å². The number of nitrogens with one attached hydrogen (secondary N) is 2. The molecule has 1 unspecified atom stereocenters. The molecule has 30 heavy (non-hydrogen) atoms. The van der Waals surface area contributed by atoms with Gasteiger partial charge in [-0.05, 0) is 42.2 Å². The molecule has 4 rings (SSSR count). The van der Waals surface area contributed by atoms with Gasteiger partial charge in [0.2, 0.25) is 11.7 Å². The van der Waals surface area contributed by atoms with Gasteiger partial charge in [-0.15, -0.1) is 10.2 Å². The summed E-state index contributed by atoms with van der Waals surface area (Å²) in [6.45, 7) is 0.438. The zero-order valence-electron chi connectivity index (χ0n) is 16.4. The number of aromatic nitrogens is 4. The number of tetrazole rings is 1. The zero-order chi connectivity index (χ0) is 20.8. The van der Waals surface area contributed by atoms with Gasteiger partial charge < -0.3 is 0 Å². The van der Waals surface area contributed by atoms with Crippen LogP contribution in [-0.2, 0) is 11.3 Å². The van der Waals surface area contributed by atoms with Crippen LogP contribution in [0.1, 0.15) is 35.2 Å². The second kappa shape index (κ2) is 9.13. The molecule has 0 radical (unpaired) electrons. The molecule has 2 amide bonds. The summed E-state index contributed by atoms with van der Waals surface area (Å²) < 4.78 is 0. The quantitative estimate of drug-likeness (QED) is 0.504. The first kappa shape index (κ1) is 19.5. The van der Waals surface area contributed by atoms with Gasteiger partial charge in [0.1, 0.15) is 0 Å². The third kappa shape index (κ3) is 4.78. The van der Waals surface area contributed by atoms with Crippen LogP contribution < -0.4 is 10.9 Å². The van der Waals surface area contributed by atoms with E-state index in [0.717, 1.165) is 24.0 Å². The first-order valence-corrected chi connectivity index (χ1v) is 9.86. The minimum Gasteiger partial charge on any atom is -0.273 e. The van der Waals surface area contributed by atoms with Crippen LogP contribution in [0, 0.1) is 5.92 Å². The second-order valence-electron chi connectivity index (χ2n) is 7.13. The number of nitrogens with zero attached hydrogens (tertiary/aromatic N) is 4. The van der Waals surface area contributed by atoms with E-state index in [2.05, 4.69) is 32.3 Å². The van der Waals surface area contributed by atoms with E-state index in [1.807, 2.05) is 48.5 Å². The summed E-state index contributed by atoms with van der Waals surface area (Å²) in [5.74, 6) is -0.0354. The molecular weight excluding hydrogens is 380 g/mol. The Labute approximate surface area is 174 Å². The number of hydrogen-bond acceptors (Lipinski definition) is 5. The Balaban J connectivity index is 1.31. The summed E-state index contributed by atoms with van der Waals surface area (Å²) in [6.07, 6.45) is 6.47. The van der Waals surface area contributed by atoms with Crippen molar-refractivity contribution in [2.75, 3.05) is 0 Å². The first-order valence-electron chi connectivity index (χ1n) is 9.86. The minimum atomic E-state index is -0.355. The Kier molecular flexibility index (Phi) is 5.93. The predicted molar refractivity (Wildman–Crippen MR) is 111 cm³/mol. The number of carbonyl (C=O) groups is 2.